The van der Waals surface area contributed by atoms with Gasteiger partial charge < -0.3 is 9.84 Å². The number of rotatable bonds is 5. The van der Waals surface area contributed by atoms with Crippen molar-refractivity contribution in [2.75, 3.05) is 26.3 Å². The van der Waals surface area contributed by atoms with E-state index in [1.165, 1.54) is 12.8 Å². The summed E-state index contributed by atoms with van der Waals surface area (Å²) in [5.41, 5.74) is 0. The second-order valence-corrected chi connectivity index (χ2v) is 5.50. The summed E-state index contributed by atoms with van der Waals surface area (Å²) in [5.74, 6) is 0.884. The fourth-order valence-electron chi connectivity index (χ4n) is 2.40. The van der Waals surface area contributed by atoms with Crippen molar-refractivity contribution in [3.63, 3.8) is 0 Å². The van der Waals surface area contributed by atoms with Gasteiger partial charge in [-0.25, -0.2) is 0 Å². The lowest BCUT2D eigenvalue weighted by Gasteiger charge is -2.34. The molecule has 1 atom stereocenters. The largest absolute Gasteiger partial charge is 0.491 e. The predicted octanol–water partition coefficient (Wildman–Crippen LogP) is 2.67. The molecule has 18 heavy (non-hydrogen) atoms. The van der Waals surface area contributed by atoms with Crippen molar-refractivity contribution in [3.8, 4) is 5.75 Å². The Morgan fingerprint density at radius 1 is 1.33 bits per heavy atom. The van der Waals surface area contributed by atoms with Gasteiger partial charge in [0, 0.05) is 12.6 Å². The number of hydrogen-bond donors (Lipinski definition) is 1. The number of para-hydroxylation sites is 1. The lowest BCUT2D eigenvalue weighted by atomic mass is 10.0. The number of nitrogens with zero attached hydrogens (tertiary/aromatic N) is 1. The number of benzene rings is 1. The summed E-state index contributed by atoms with van der Waals surface area (Å²) in [6.45, 7) is 2.88. The van der Waals surface area contributed by atoms with Gasteiger partial charge in [-0.05, 0) is 47.4 Å². The third-order valence-corrected chi connectivity index (χ3v) is 4.09. The van der Waals surface area contributed by atoms with Crippen molar-refractivity contribution in [2.24, 2.45) is 0 Å². The first-order chi connectivity index (χ1) is 8.81. The van der Waals surface area contributed by atoms with Crippen LogP contribution in [-0.4, -0.2) is 42.4 Å². The van der Waals surface area contributed by atoms with Gasteiger partial charge in [0.1, 0.15) is 12.4 Å². The highest BCUT2D eigenvalue weighted by Gasteiger charge is 2.21. The zero-order valence-electron chi connectivity index (χ0n) is 10.5. The van der Waals surface area contributed by atoms with Gasteiger partial charge in [-0.15, -0.1) is 0 Å². The van der Waals surface area contributed by atoms with Gasteiger partial charge >= 0.3 is 0 Å². The molecule has 0 aromatic heterocycles. The molecule has 1 aromatic rings. The van der Waals surface area contributed by atoms with Crippen LogP contribution >= 0.6 is 15.9 Å². The van der Waals surface area contributed by atoms with Crippen LogP contribution < -0.4 is 4.74 Å². The quantitative estimate of drug-likeness (QED) is 0.907. The molecule has 2 rings (SSSR count). The van der Waals surface area contributed by atoms with Crippen LogP contribution in [0.4, 0.5) is 0 Å². The molecule has 1 saturated heterocycles. The molecule has 0 radical (unpaired) electrons. The van der Waals surface area contributed by atoms with E-state index in [0.29, 0.717) is 12.6 Å². The molecule has 1 aliphatic heterocycles. The molecule has 1 aromatic carbocycles. The van der Waals surface area contributed by atoms with Crippen molar-refractivity contribution in [2.45, 2.75) is 25.3 Å². The highest BCUT2D eigenvalue weighted by atomic mass is 79.9. The molecule has 4 heteroatoms. The van der Waals surface area contributed by atoms with E-state index >= 15 is 0 Å². The summed E-state index contributed by atoms with van der Waals surface area (Å²) in [6.07, 6.45) is 3.56. The Balaban J connectivity index is 1.79. The van der Waals surface area contributed by atoms with Crippen LogP contribution in [-0.2, 0) is 0 Å². The van der Waals surface area contributed by atoms with E-state index in [2.05, 4.69) is 20.8 Å². The van der Waals surface area contributed by atoms with Crippen LogP contribution in [0.2, 0.25) is 0 Å². The zero-order chi connectivity index (χ0) is 12.8. The Kier molecular flexibility index (Phi) is 5.47. The van der Waals surface area contributed by atoms with Crippen molar-refractivity contribution in [3.05, 3.63) is 28.7 Å². The maximum atomic E-state index is 9.33. The Bertz CT molecular complexity index is 373. The SMILES string of the molecule is OCC1CCCCN1CCOc1ccccc1Br. The van der Waals surface area contributed by atoms with Gasteiger partial charge in [0.25, 0.3) is 0 Å². The second kappa shape index (κ2) is 7.12. The molecule has 0 aliphatic carbocycles. The summed E-state index contributed by atoms with van der Waals surface area (Å²) in [7, 11) is 0. The minimum absolute atomic E-state index is 0.259. The van der Waals surface area contributed by atoms with Crippen LogP contribution in [0.5, 0.6) is 5.75 Å². The minimum Gasteiger partial charge on any atom is -0.491 e. The highest BCUT2D eigenvalue weighted by molar-refractivity contribution is 9.10. The number of aliphatic hydroxyl groups excluding tert-OH is 1. The first kappa shape index (κ1) is 13.8. The van der Waals surface area contributed by atoms with Crippen molar-refractivity contribution < 1.29 is 9.84 Å². The molecule has 1 fully saturated rings. The van der Waals surface area contributed by atoms with E-state index in [1.54, 1.807) is 0 Å². The van der Waals surface area contributed by atoms with E-state index in [9.17, 15) is 5.11 Å². The average molecular weight is 314 g/mol. The Morgan fingerprint density at radius 2 is 2.17 bits per heavy atom. The third kappa shape index (κ3) is 3.70. The summed E-state index contributed by atoms with van der Waals surface area (Å²) >= 11 is 3.47. The molecule has 0 spiro atoms. The van der Waals surface area contributed by atoms with Gasteiger partial charge in [-0.2, -0.15) is 0 Å². The topological polar surface area (TPSA) is 32.7 Å². The molecule has 100 valence electrons. The highest BCUT2D eigenvalue weighted by Crippen LogP contribution is 2.24. The van der Waals surface area contributed by atoms with E-state index in [4.69, 9.17) is 4.74 Å². The van der Waals surface area contributed by atoms with E-state index in [1.807, 2.05) is 24.3 Å². The van der Waals surface area contributed by atoms with Gasteiger partial charge in [0.05, 0.1) is 11.1 Å². The molecular weight excluding hydrogens is 294 g/mol. The molecule has 0 saturated carbocycles. The molecule has 0 amide bonds. The second-order valence-electron chi connectivity index (χ2n) is 4.65. The molecular formula is C14H20BrNO2. The number of ether oxygens (including phenoxy) is 1. The lowest BCUT2D eigenvalue weighted by molar-refractivity contribution is 0.0772. The molecule has 1 aliphatic rings. The number of hydrogen-bond acceptors (Lipinski definition) is 3. The van der Waals surface area contributed by atoms with E-state index in [-0.39, 0.29) is 6.61 Å². The minimum atomic E-state index is 0.259. The fraction of sp³-hybridized carbons (Fsp3) is 0.571. The Labute approximate surface area is 117 Å². The standard InChI is InChI=1S/C14H20BrNO2/c15-13-6-1-2-7-14(13)18-10-9-16-8-4-3-5-12(16)11-17/h1-2,6-7,12,17H,3-5,8-11H2. The Hall–Kier alpha value is -0.580. The van der Waals surface area contributed by atoms with Crippen LogP contribution in [0.15, 0.2) is 28.7 Å². The van der Waals surface area contributed by atoms with Crippen LogP contribution in [0.25, 0.3) is 0 Å². The van der Waals surface area contributed by atoms with Crippen LogP contribution in [0.3, 0.4) is 0 Å². The van der Waals surface area contributed by atoms with Crippen molar-refractivity contribution in [1.29, 1.82) is 0 Å². The van der Waals surface area contributed by atoms with Gasteiger partial charge in [-0.3, -0.25) is 4.90 Å². The number of halogens is 1. The summed E-state index contributed by atoms with van der Waals surface area (Å²) in [5, 5.41) is 9.33. The van der Waals surface area contributed by atoms with E-state index in [0.717, 1.165) is 29.7 Å². The number of likely N-dealkylation sites (tertiary alicyclic amines) is 1. The normalized spacial score (nSPS) is 20.9. The average Bonchev–Trinajstić information content (AvgIpc) is 2.41. The molecule has 1 N–H and O–H groups in total. The van der Waals surface area contributed by atoms with Gasteiger partial charge in [0.15, 0.2) is 0 Å². The van der Waals surface area contributed by atoms with Crippen molar-refractivity contribution >= 4 is 15.9 Å². The molecule has 1 unspecified atom stereocenters. The van der Waals surface area contributed by atoms with Crippen molar-refractivity contribution in [1.82, 2.24) is 4.90 Å². The molecule has 0 bridgehead atoms. The third-order valence-electron chi connectivity index (χ3n) is 3.43. The summed E-state index contributed by atoms with van der Waals surface area (Å²) in [6, 6.07) is 8.21. The molecule has 1 heterocycles. The maximum absolute atomic E-state index is 9.33. The van der Waals surface area contributed by atoms with E-state index < -0.39 is 0 Å². The number of piperidine rings is 1. The number of aliphatic hydroxyl groups is 1. The summed E-state index contributed by atoms with van der Waals surface area (Å²) < 4.78 is 6.75. The smallest absolute Gasteiger partial charge is 0.133 e. The Morgan fingerprint density at radius 3 is 2.94 bits per heavy atom. The first-order valence-corrected chi connectivity index (χ1v) is 7.33. The maximum Gasteiger partial charge on any atom is 0.133 e. The monoisotopic (exact) mass is 313 g/mol. The fourth-order valence-corrected chi connectivity index (χ4v) is 2.80. The van der Waals surface area contributed by atoms with Gasteiger partial charge in [0.2, 0.25) is 0 Å². The lowest BCUT2D eigenvalue weighted by Crippen LogP contribution is -2.43. The zero-order valence-corrected chi connectivity index (χ0v) is 12.1. The molecule has 3 nitrogen and oxygen atoms in total. The van der Waals surface area contributed by atoms with Crippen LogP contribution in [0.1, 0.15) is 19.3 Å². The predicted molar refractivity (Wildman–Crippen MR) is 75.9 cm³/mol. The van der Waals surface area contributed by atoms with Crippen LogP contribution in [0, 0.1) is 0 Å². The summed E-state index contributed by atoms with van der Waals surface area (Å²) in [4.78, 5) is 2.33. The first-order valence-electron chi connectivity index (χ1n) is 6.53. The van der Waals surface area contributed by atoms with Gasteiger partial charge in [-0.1, -0.05) is 18.6 Å².